The Labute approximate surface area is 226 Å². The van der Waals surface area contributed by atoms with Gasteiger partial charge in [-0.25, -0.2) is 13.4 Å². The smallest absolute Gasteiger partial charge is 0.296 e. The molecule has 1 N–H and O–H groups in total. The van der Waals surface area contributed by atoms with E-state index >= 15 is 0 Å². The van der Waals surface area contributed by atoms with Crippen LogP contribution in [0.3, 0.4) is 0 Å². The Morgan fingerprint density at radius 3 is 2.33 bits per heavy atom. The first-order valence-corrected chi connectivity index (χ1v) is 14.6. The molecule has 1 aliphatic rings. The van der Waals surface area contributed by atoms with Crippen LogP contribution in [-0.2, 0) is 16.3 Å². The van der Waals surface area contributed by atoms with Crippen molar-refractivity contribution in [2.75, 3.05) is 0 Å². The minimum Gasteiger partial charge on any atom is -0.493 e. The third kappa shape index (κ3) is 5.23. The standard InChI is InChI=1S/C30H30FN3O4S/c1-3-4-10-26-33-29(35)28(30(36)34(26)27(22-11-12-22)21-8-6-5-7-9-21)39(37,38)23-15-13-20(14-16-23)24-17-18-25(31)32-19(24)2/h5-9,13-18,22,27,36H,3-4,10-12H2,1-2H3. The molecule has 2 heterocycles. The van der Waals surface area contributed by atoms with Crippen LogP contribution in [0, 0.1) is 18.8 Å². The van der Waals surface area contributed by atoms with Gasteiger partial charge in [0.25, 0.3) is 5.56 Å². The van der Waals surface area contributed by atoms with Crippen LogP contribution in [0.1, 0.15) is 55.7 Å². The molecule has 4 aromatic rings. The molecule has 39 heavy (non-hydrogen) atoms. The second kappa shape index (κ2) is 10.7. The summed E-state index contributed by atoms with van der Waals surface area (Å²) >= 11 is 0. The van der Waals surface area contributed by atoms with E-state index in [0.717, 1.165) is 31.2 Å². The maximum absolute atomic E-state index is 13.8. The average Bonchev–Trinajstić information content (AvgIpc) is 3.75. The Balaban J connectivity index is 1.63. The molecule has 1 saturated carbocycles. The molecule has 1 aliphatic carbocycles. The van der Waals surface area contributed by atoms with Crippen molar-refractivity contribution < 1.29 is 17.9 Å². The van der Waals surface area contributed by atoms with E-state index in [4.69, 9.17) is 0 Å². The topological polar surface area (TPSA) is 102 Å². The maximum atomic E-state index is 13.8. The number of aromatic nitrogens is 3. The lowest BCUT2D eigenvalue weighted by Gasteiger charge is -2.26. The lowest BCUT2D eigenvalue weighted by atomic mass is 10.0. The fraction of sp³-hybridized carbons (Fsp3) is 0.300. The summed E-state index contributed by atoms with van der Waals surface area (Å²) < 4.78 is 42.6. The predicted molar refractivity (Wildman–Crippen MR) is 146 cm³/mol. The minimum absolute atomic E-state index is 0.149. The Hall–Kier alpha value is -3.85. The zero-order chi connectivity index (χ0) is 27.7. The maximum Gasteiger partial charge on any atom is 0.296 e. The fourth-order valence-corrected chi connectivity index (χ4v) is 6.39. The van der Waals surface area contributed by atoms with Crippen molar-refractivity contribution in [2.24, 2.45) is 5.92 Å². The highest BCUT2D eigenvalue weighted by atomic mass is 32.2. The van der Waals surface area contributed by atoms with Gasteiger partial charge in [-0.05, 0) is 67.5 Å². The zero-order valence-electron chi connectivity index (χ0n) is 21.8. The Bertz CT molecular complexity index is 1670. The number of hydrogen-bond donors (Lipinski definition) is 1. The van der Waals surface area contributed by atoms with Crippen LogP contribution in [0.15, 0.2) is 81.3 Å². The third-order valence-corrected chi connectivity index (χ3v) is 8.96. The molecule has 202 valence electrons. The summed E-state index contributed by atoms with van der Waals surface area (Å²) in [5, 5.41) is 11.6. The molecule has 7 nitrogen and oxygen atoms in total. The van der Waals surface area contributed by atoms with Crippen LogP contribution in [-0.4, -0.2) is 28.1 Å². The highest BCUT2D eigenvalue weighted by Gasteiger charge is 2.38. The lowest BCUT2D eigenvalue weighted by molar-refractivity contribution is 0.348. The van der Waals surface area contributed by atoms with Gasteiger partial charge in [0.15, 0.2) is 4.90 Å². The number of hydrogen-bond acceptors (Lipinski definition) is 6. The second-order valence-electron chi connectivity index (χ2n) is 9.95. The van der Waals surface area contributed by atoms with Crippen molar-refractivity contribution in [3.63, 3.8) is 0 Å². The van der Waals surface area contributed by atoms with Crippen LogP contribution in [0.25, 0.3) is 11.1 Å². The van der Waals surface area contributed by atoms with Crippen LogP contribution in [0.2, 0.25) is 0 Å². The summed E-state index contributed by atoms with van der Waals surface area (Å²) in [4.78, 5) is 20.4. The highest BCUT2D eigenvalue weighted by Crippen LogP contribution is 2.46. The second-order valence-corrected chi connectivity index (χ2v) is 11.8. The Kier molecular flexibility index (Phi) is 7.36. The van der Waals surface area contributed by atoms with E-state index in [1.165, 1.54) is 18.2 Å². The van der Waals surface area contributed by atoms with Gasteiger partial charge < -0.3 is 5.11 Å². The number of benzene rings is 2. The summed E-state index contributed by atoms with van der Waals surface area (Å²) in [6.07, 6.45) is 3.89. The number of sulfone groups is 1. The van der Waals surface area contributed by atoms with E-state index in [1.807, 2.05) is 37.3 Å². The minimum atomic E-state index is -4.42. The molecule has 1 unspecified atom stereocenters. The van der Waals surface area contributed by atoms with Gasteiger partial charge in [0.05, 0.1) is 10.9 Å². The number of pyridine rings is 1. The first-order chi connectivity index (χ1) is 18.7. The van der Waals surface area contributed by atoms with Gasteiger partial charge >= 0.3 is 0 Å². The first-order valence-electron chi connectivity index (χ1n) is 13.1. The summed E-state index contributed by atoms with van der Waals surface area (Å²) in [6, 6.07) is 18.0. The van der Waals surface area contributed by atoms with Crippen molar-refractivity contribution in [1.29, 1.82) is 0 Å². The van der Waals surface area contributed by atoms with Gasteiger partial charge in [-0.15, -0.1) is 0 Å². The quantitative estimate of drug-likeness (QED) is 0.272. The predicted octanol–water partition coefficient (Wildman–Crippen LogP) is 5.63. The van der Waals surface area contributed by atoms with E-state index in [1.54, 1.807) is 29.7 Å². The molecule has 2 aromatic heterocycles. The molecule has 1 fully saturated rings. The van der Waals surface area contributed by atoms with Crippen LogP contribution < -0.4 is 5.56 Å². The van der Waals surface area contributed by atoms with Gasteiger partial charge in [0.1, 0.15) is 5.82 Å². The van der Waals surface area contributed by atoms with E-state index in [2.05, 4.69) is 9.97 Å². The van der Waals surface area contributed by atoms with Crippen molar-refractivity contribution in [1.82, 2.24) is 14.5 Å². The van der Waals surface area contributed by atoms with Crippen molar-refractivity contribution >= 4 is 9.84 Å². The van der Waals surface area contributed by atoms with Gasteiger partial charge in [0, 0.05) is 17.7 Å². The van der Waals surface area contributed by atoms with Crippen LogP contribution in [0.5, 0.6) is 5.88 Å². The number of aryl methyl sites for hydroxylation is 2. The summed E-state index contributed by atoms with van der Waals surface area (Å²) in [7, 11) is -4.42. The van der Waals surface area contributed by atoms with Crippen LogP contribution in [0.4, 0.5) is 4.39 Å². The summed E-state index contributed by atoms with van der Waals surface area (Å²) in [5.74, 6) is -0.597. The molecular weight excluding hydrogens is 517 g/mol. The van der Waals surface area contributed by atoms with Gasteiger partial charge in [0.2, 0.25) is 21.7 Å². The van der Waals surface area contributed by atoms with E-state index in [-0.39, 0.29) is 16.9 Å². The molecule has 2 aromatic carbocycles. The molecular formula is C30H30FN3O4S. The van der Waals surface area contributed by atoms with E-state index in [0.29, 0.717) is 29.1 Å². The molecule has 0 radical (unpaired) electrons. The van der Waals surface area contributed by atoms with Gasteiger partial charge in [-0.1, -0.05) is 55.8 Å². The molecule has 9 heteroatoms. The van der Waals surface area contributed by atoms with Crippen LogP contribution >= 0.6 is 0 Å². The molecule has 0 amide bonds. The van der Waals surface area contributed by atoms with Gasteiger partial charge in [-0.3, -0.25) is 9.36 Å². The van der Waals surface area contributed by atoms with Crippen molar-refractivity contribution in [3.05, 3.63) is 100 Å². The number of aromatic hydroxyl groups is 1. The van der Waals surface area contributed by atoms with Crippen molar-refractivity contribution in [2.45, 2.75) is 61.8 Å². The molecule has 5 rings (SSSR count). The number of halogens is 1. The zero-order valence-corrected chi connectivity index (χ0v) is 22.7. The molecule has 0 aliphatic heterocycles. The summed E-state index contributed by atoms with van der Waals surface area (Å²) in [5.41, 5.74) is 1.72. The summed E-state index contributed by atoms with van der Waals surface area (Å²) in [6.45, 7) is 3.68. The Morgan fingerprint density at radius 2 is 1.72 bits per heavy atom. The normalized spacial score (nSPS) is 14.3. The first kappa shape index (κ1) is 26.7. The van der Waals surface area contributed by atoms with Crippen molar-refractivity contribution in [3.8, 4) is 17.0 Å². The number of unbranched alkanes of at least 4 members (excludes halogenated alkanes) is 1. The average molecular weight is 548 g/mol. The monoisotopic (exact) mass is 547 g/mol. The van der Waals surface area contributed by atoms with E-state index in [9.17, 15) is 22.7 Å². The number of rotatable bonds is 9. The molecule has 1 atom stereocenters. The van der Waals surface area contributed by atoms with Gasteiger partial charge in [-0.2, -0.15) is 9.37 Å². The Morgan fingerprint density at radius 1 is 1.03 bits per heavy atom. The SMILES string of the molecule is CCCCc1nc(=O)c(S(=O)(=O)c2ccc(-c3ccc(F)nc3C)cc2)c(O)n1C(c1ccccc1)C1CC1. The van der Waals surface area contributed by atoms with E-state index < -0.39 is 32.1 Å². The molecule has 0 saturated heterocycles. The molecule has 0 bridgehead atoms. The highest BCUT2D eigenvalue weighted by molar-refractivity contribution is 7.91. The largest absolute Gasteiger partial charge is 0.493 e. The fourth-order valence-electron chi connectivity index (χ4n) is 5.05. The lowest BCUT2D eigenvalue weighted by Crippen LogP contribution is -2.28. The molecule has 0 spiro atoms. The third-order valence-electron chi connectivity index (χ3n) is 7.17. The number of nitrogens with zero attached hydrogens (tertiary/aromatic N) is 3.